The zero-order chi connectivity index (χ0) is 13.7. The van der Waals surface area contributed by atoms with E-state index in [1.807, 2.05) is 32.0 Å². The van der Waals surface area contributed by atoms with Crippen LogP contribution in [0.15, 0.2) is 22.7 Å². The number of nitrogens with one attached hydrogen (secondary N) is 1. The molecule has 0 saturated carbocycles. The van der Waals surface area contributed by atoms with Gasteiger partial charge in [0.1, 0.15) is 6.04 Å². The molecular weight excluding hydrogens is 318 g/mol. The van der Waals surface area contributed by atoms with Crippen LogP contribution < -0.4 is 5.32 Å². The molecule has 0 saturated heterocycles. The quantitative estimate of drug-likeness (QED) is 0.839. The van der Waals surface area contributed by atoms with Crippen LogP contribution in [0.5, 0.6) is 0 Å². The Morgan fingerprint density at radius 3 is 2.67 bits per heavy atom. The monoisotopic (exact) mass is 333 g/mol. The number of carbonyl (C=O) groups is 1. The molecule has 0 aromatic heterocycles. The summed E-state index contributed by atoms with van der Waals surface area (Å²) >= 11 is 9.30. The van der Waals surface area contributed by atoms with E-state index < -0.39 is 0 Å². The standard InChI is InChI=1S/C13H17BrClNO2/c1-8(2)12(13(17)18-3)16-7-9-4-5-11(15)10(14)6-9/h4-6,8,12,16H,7H2,1-3H3. The normalized spacial score (nSPS) is 12.6. The fourth-order valence-corrected chi connectivity index (χ4v) is 2.14. The number of hydrogen-bond acceptors (Lipinski definition) is 3. The summed E-state index contributed by atoms with van der Waals surface area (Å²) in [6.07, 6.45) is 0. The molecule has 0 aliphatic carbocycles. The molecule has 5 heteroatoms. The van der Waals surface area contributed by atoms with Gasteiger partial charge in [-0.15, -0.1) is 0 Å². The fraction of sp³-hybridized carbons (Fsp3) is 0.462. The van der Waals surface area contributed by atoms with Crippen molar-refractivity contribution in [2.24, 2.45) is 5.92 Å². The zero-order valence-corrected chi connectivity index (χ0v) is 13.0. The van der Waals surface area contributed by atoms with Gasteiger partial charge in [0.15, 0.2) is 0 Å². The van der Waals surface area contributed by atoms with Gasteiger partial charge in [0.05, 0.1) is 12.1 Å². The molecule has 0 spiro atoms. The number of esters is 1. The molecule has 0 amide bonds. The van der Waals surface area contributed by atoms with Crippen molar-refractivity contribution in [3.8, 4) is 0 Å². The van der Waals surface area contributed by atoms with Gasteiger partial charge in [0.2, 0.25) is 0 Å². The van der Waals surface area contributed by atoms with Crippen LogP contribution in [-0.4, -0.2) is 19.1 Å². The fourth-order valence-electron chi connectivity index (χ4n) is 1.60. The maximum atomic E-state index is 11.6. The van der Waals surface area contributed by atoms with Gasteiger partial charge in [-0.05, 0) is 39.5 Å². The van der Waals surface area contributed by atoms with Crippen molar-refractivity contribution in [1.29, 1.82) is 0 Å². The van der Waals surface area contributed by atoms with Crippen molar-refractivity contribution in [1.82, 2.24) is 5.32 Å². The highest BCUT2D eigenvalue weighted by Gasteiger charge is 2.22. The highest BCUT2D eigenvalue weighted by molar-refractivity contribution is 9.10. The van der Waals surface area contributed by atoms with Crippen molar-refractivity contribution in [3.05, 3.63) is 33.3 Å². The van der Waals surface area contributed by atoms with Gasteiger partial charge in [-0.1, -0.05) is 31.5 Å². The number of hydrogen-bond donors (Lipinski definition) is 1. The van der Waals surface area contributed by atoms with E-state index in [9.17, 15) is 4.79 Å². The Morgan fingerprint density at radius 1 is 1.50 bits per heavy atom. The molecule has 1 aromatic carbocycles. The van der Waals surface area contributed by atoms with E-state index in [-0.39, 0.29) is 17.9 Å². The van der Waals surface area contributed by atoms with E-state index in [1.54, 1.807) is 0 Å². The summed E-state index contributed by atoms with van der Waals surface area (Å²) in [4.78, 5) is 11.6. The van der Waals surface area contributed by atoms with Crippen LogP contribution in [0.2, 0.25) is 5.02 Å². The van der Waals surface area contributed by atoms with Crippen LogP contribution in [0.25, 0.3) is 0 Å². The van der Waals surface area contributed by atoms with Crippen molar-refractivity contribution >= 4 is 33.5 Å². The van der Waals surface area contributed by atoms with Crippen LogP contribution in [-0.2, 0) is 16.1 Å². The molecule has 100 valence electrons. The Kier molecular flexibility index (Phi) is 6.12. The Labute approximate surface area is 121 Å². The second kappa shape index (κ2) is 7.12. The third-order valence-corrected chi connectivity index (χ3v) is 3.85. The molecule has 0 fully saturated rings. The average Bonchev–Trinajstić information content (AvgIpc) is 2.33. The molecule has 1 aromatic rings. The molecule has 1 rings (SSSR count). The lowest BCUT2D eigenvalue weighted by Gasteiger charge is -2.20. The molecule has 0 aliphatic rings. The first kappa shape index (κ1) is 15.5. The second-order valence-electron chi connectivity index (χ2n) is 4.37. The van der Waals surface area contributed by atoms with E-state index in [1.165, 1.54) is 7.11 Å². The molecule has 1 unspecified atom stereocenters. The first-order valence-electron chi connectivity index (χ1n) is 5.70. The van der Waals surface area contributed by atoms with Crippen LogP contribution in [0.1, 0.15) is 19.4 Å². The molecule has 1 atom stereocenters. The molecule has 3 nitrogen and oxygen atoms in total. The lowest BCUT2D eigenvalue weighted by Crippen LogP contribution is -2.41. The summed E-state index contributed by atoms with van der Waals surface area (Å²) in [7, 11) is 1.40. The first-order chi connectivity index (χ1) is 8.45. The summed E-state index contributed by atoms with van der Waals surface area (Å²) in [5, 5.41) is 3.87. The molecule has 0 aliphatic heterocycles. The molecule has 0 bridgehead atoms. The van der Waals surface area contributed by atoms with E-state index >= 15 is 0 Å². The minimum atomic E-state index is -0.301. The van der Waals surface area contributed by atoms with E-state index in [4.69, 9.17) is 16.3 Å². The van der Waals surface area contributed by atoms with Crippen molar-refractivity contribution in [2.45, 2.75) is 26.4 Å². The second-order valence-corrected chi connectivity index (χ2v) is 5.64. The van der Waals surface area contributed by atoms with E-state index in [0.717, 1.165) is 10.0 Å². The summed E-state index contributed by atoms with van der Waals surface area (Å²) in [6, 6.07) is 5.38. The smallest absolute Gasteiger partial charge is 0.323 e. The molecular formula is C13H17BrClNO2. The largest absolute Gasteiger partial charge is 0.468 e. The van der Waals surface area contributed by atoms with Crippen LogP contribution in [0, 0.1) is 5.92 Å². The Hall–Kier alpha value is -0.580. The SMILES string of the molecule is COC(=O)C(NCc1ccc(Cl)c(Br)c1)C(C)C. The topological polar surface area (TPSA) is 38.3 Å². The number of carbonyl (C=O) groups excluding carboxylic acids is 1. The third kappa shape index (κ3) is 4.26. The van der Waals surface area contributed by atoms with Crippen LogP contribution >= 0.6 is 27.5 Å². The number of ether oxygens (including phenoxy) is 1. The maximum Gasteiger partial charge on any atom is 0.323 e. The predicted molar refractivity (Wildman–Crippen MR) is 76.6 cm³/mol. The third-order valence-electron chi connectivity index (χ3n) is 2.63. The van der Waals surface area contributed by atoms with Gasteiger partial charge < -0.3 is 10.1 Å². The van der Waals surface area contributed by atoms with Gasteiger partial charge >= 0.3 is 5.97 Å². The average molecular weight is 335 g/mol. The summed E-state index contributed by atoms with van der Waals surface area (Å²) in [5.41, 5.74) is 1.06. The highest BCUT2D eigenvalue weighted by Crippen LogP contribution is 2.23. The van der Waals surface area contributed by atoms with Gasteiger partial charge in [0.25, 0.3) is 0 Å². The number of rotatable bonds is 5. The molecule has 0 heterocycles. The van der Waals surface area contributed by atoms with Gasteiger partial charge in [-0.3, -0.25) is 4.79 Å². The van der Waals surface area contributed by atoms with E-state index in [2.05, 4.69) is 21.2 Å². The van der Waals surface area contributed by atoms with Crippen molar-refractivity contribution < 1.29 is 9.53 Å². The van der Waals surface area contributed by atoms with Crippen molar-refractivity contribution in [2.75, 3.05) is 7.11 Å². The summed E-state index contributed by atoms with van der Waals surface area (Å²) < 4.78 is 5.62. The molecule has 1 N–H and O–H groups in total. The number of methoxy groups -OCH3 is 1. The number of halogens is 2. The van der Waals surface area contributed by atoms with Crippen molar-refractivity contribution in [3.63, 3.8) is 0 Å². The van der Waals surface area contributed by atoms with Gasteiger partial charge in [-0.2, -0.15) is 0 Å². The highest BCUT2D eigenvalue weighted by atomic mass is 79.9. The maximum absolute atomic E-state index is 11.6. The lowest BCUT2D eigenvalue weighted by molar-refractivity contribution is -0.144. The Morgan fingerprint density at radius 2 is 2.17 bits per heavy atom. The zero-order valence-electron chi connectivity index (χ0n) is 10.7. The minimum absolute atomic E-state index is 0.174. The number of benzene rings is 1. The summed E-state index contributed by atoms with van der Waals surface area (Å²) in [5.74, 6) is -0.0637. The Balaban J connectivity index is 2.67. The lowest BCUT2D eigenvalue weighted by atomic mass is 10.0. The van der Waals surface area contributed by atoms with Crippen LogP contribution in [0.4, 0.5) is 0 Å². The van der Waals surface area contributed by atoms with Gasteiger partial charge in [-0.25, -0.2) is 0 Å². The van der Waals surface area contributed by atoms with Crippen LogP contribution in [0.3, 0.4) is 0 Å². The molecule has 18 heavy (non-hydrogen) atoms. The van der Waals surface area contributed by atoms with Gasteiger partial charge in [0, 0.05) is 11.0 Å². The van der Waals surface area contributed by atoms with E-state index in [0.29, 0.717) is 11.6 Å². The minimum Gasteiger partial charge on any atom is -0.468 e. The predicted octanol–water partition coefficient (Wildman–Crippen LogP) is 3.39. The molecule has 0 radical (unpaired) electrons. The summed E-state index contributed by atoms with van der Waals surface area (Å²) in [6.45, 7) is 4.55. The Bertz CT molecular complexity index is 423. The first-order valence-corrected chi connectivity index (χ1v) is 6.88.